The van der Waals surface area contributed by atoms with E-state index < -0.39 is 17.8 Å². The number of fused-ring (bicyclic) bond motifs is 1. The van der Waals surface area contributed by atoms with E-state index in [4.69, 9.17) is 5.11 Å². The molecular weight excluding hydrogens is 356 g/mol. The highest BCUT2D eigenvalue weighted by molar-refractivity contribution is 7.16. The molecule has 0 fully saturated rings. The summed E-state index contributed by atoms with van der Waals surface area (Å²) in [5, 5.41) is 30.8. The third-order valence-electron chi connectivity index (χ3n) is 4.25. The zero-order chi connectivity index (χ0) is 18.8. The lowest BCUT2D eigenvalue weighted by atomic mass is 9.96. The molecule has 3 N–H and O–H groups in total. The summed E-state index contributed by atoms with van der Waals surface area (Å²) in [6, 6.07) is 5.36. The minimum Gasteiger partial charge on any atom is -0.478 e. The maximum atomic E-state index is 12.6. The first kappa shape index (κ1) is 17.6. The SMILES string of the molecule is N#Cc1c(NC(=O)c2cc(C(=O)O)ccc2C(=O)O)sc2c1CCCC2. The van der Waals surface area contributed by atoms with E-state index in [0.29, 0.717) is 10.6 Å². The maximum absolute atomic E-state index is 12.6. The van der Waals surface area contributed by atoms with Crippen molar-refractivity contribution in [1.29, 1.82) is 5.26 Å². The van der Waals surface area contributed by atoms with Gasteiger partial charge in [0.1, 0.15) is 11.1 Å². The van der Waals surface area contributed by atoms with Crippen molar-refractivity contribution < 1.29 is 24.6 Å². The highest BCUT2D eigenvalue weighted by Crippen LogP contribution is 2.37. The number of carbonyl (C=O) groups is 3. The van der Waals surface area contributed by atoms with E-state index in [0.717, 1.165) is 54.3 Å². The molecule has 0 radical (unpaired) electrons. The molecule has 1 heterocycles. The summed E-state index contributed by atoms with van der Waals surface area (Å²) in [4.78, 5) is 36.2. The smallest absolute Gasteiger partial charge is 0.336 e. The van der Waals surface area contributed by atoms with Crippen molar-refractivity contribution >= 4 is 34.2 Å². The predicted octanol–water partition coefficient (Wildman–Crippen LogP) is 3.15. The van der Waals surface area contributed by atoms with Crippen molar-refractivity contribution in [2.24, 2.45) is 0 Å². The minimum absolute atomic E-state index is 0.189. The number of anilines is 1. The van der Waals surface area contributed by atoms with Gasteiger partial charge < -0.3 is 15.5 Å². The van der Waals surface area contributed by atoms with Crippen molar-refractivity contribution in [2.45, 2.75) is 25.7 Å². The lowest BCUT2D eigenvalue weighted by Crippen LogP contribution is -2.17. The van der Waals surface area contributed by atoms with Crippen LogP contribution < -0.4 is 5.32 Å². The number of carboxylic acid groups (broad SMARTS) is 2. The predicted molar refractivity (Wildman–Crippen MR) is 94.0 cm³/mol. The Labute approximate surface area is 152 Å². The first-order valence-electron chi connectivity index (χ1n) is 7.89. The molecule has 8 heteroatoms. The normalized spacial score (nSPS) is 12.7. The van der Waals surface area contributed by atoms with E-state index in [9.17, 15) is 24.8 Å². The van der Waals surface area contributed by atoms with Gasteiger partial charge in [-0.1, -0.05) is 0 Å². The van der Waals surface area contributed by atoms with Gasteiger partial charge in [0.25, 0.3) is 5.91 Å². The Balaban J connectivity index is 2.00. The summed E-state index contributed by atoms with van der Waals surface area (Å²) in [7, 11) is 0. The number of rotatable bonds is 4. The number of nitriles is 1. The van der Waals surface area contributed by atoms with E-state index in [-0.39, 0.29) is 16.7 Å². The molecule has 7 nitrogen and oxygen atoms in total. The van der Waals surface area contributed by atoms with Crippen LogP contribution in [0.5, 0.6) is 0 Å². The fourth-order valence-electron chi connectivity index (χ4n) is 2.99. The summed E-state index contributed by atoms with van der Waals surface area (Å²) in [5.74, 6) is -3.35. The van der Waals surface area contributed by atoms with Gasteiger partial charge in [0.15, 0.2) is 0 Å². The number of nitrogens with zero attached hydrogens (tertiary/aromatic N) is 1. The first-order chi connectivity index (χ1) is 12.4. The van der Waals surface area contributed by atoms with Gasteiger partial charge in [-0.2, -0.15) is 5.26 Å². The molecule has 26 heavy (non-hydrogen) atoms. The number of nitrogens with one attached hydrogen (secondary N) is 1. The molecule has 1 aliphatic rings. The quantitative estimate of drug-likeness (QED) is 0.758. The van der Waals surface area contributed by atoms with Crippen molar-refractivity contribution in [2.75, 3.05) is 5.32 Å². The Morgan fingerprint density at radius 3 is 2.46 bits per heavy atom. The summed E-state index contributed by atoms with van der Waals surface area (Å²) < 4.78 is 0. The van der Waals surface area contributed by atoms with Gasteiger partial charge in [-0.15, -0.1) is 11.3 Å². The molecular formula is C18H14N2O5S. The second-order valence-corrected chi connectivity index (χ2v) is 6.96. The number of aromatic carboxylic acids is 2. The summed E-state index contributed by atoms with van der Waals surface area (Å²) in [6.45, 7) is 0. The van der Waals surface area contributed by atoms with E-state index >= 15 is 0 Å². The van der Waals surface area contributed by atoms with Crippen LogP contribution in [0.1, 0.15) is 59.9 Å². The second-order valence-electron chi connectivity index (χ2n) is 5.85. The van der Waals surface area contributed by atoms with Gasteiger partial charge in [0.2, 0.25) is 0 Å². The average molecular weight is 370 g/mol. The lowest BCUT2D eigenvalue weighted by Gasteiger charge is -2.09. The molecule has 3 rings (SSSR count). The van der Waals surface area contributed by atoms with Crippen LogP contribution in [-0.4, -0.2) is 28.1 Å². The Morgan fingerprint density at radius 1 is 1.08 bits per heavy atom. The van der Waals surface area contributed by atoms with Gasteiger partial charge in [0, 0.05) is 4.88 Å². The van der Waals surface area contributed by atoms with E-state index in [2.05, 4.69) is 11.4 Å². The first-order valence-corrected chi connectivity index (χ1v) is 8.70. The fraction of sp³-hybridized carbons (Fsp3) is 0.222. The van der Waals surface area contributed by atoms with Gasteiger partial charge in [0.05, 0.1) is 22.3 Å². The Morgan fingerprint density at radius 2 is 1.81 bits per heavy atom. The molecule has 0 unspecified atom stereocenters. The zero-order valence-electron chi connectivity index (χ0n) is 13.5. The molecule has 132 valence electrons. The average Bonchev–Trinajstić information content (AvgIpc) is 2.97. The summed E-state index contributed by atoms with van der Waals surface area (Å²) in [6.07, 6.45) is 3.63. The third kappa shape index (κ3) is 3.17. The Hall–Kier alpha value is -3.18. The van der Waals surface area contributed by atoms with Crippen molar-refractivity contribution in [1.82, 2.24) is 0 Å². The van der Waals surface area contributed by atoms with Crippen LogP contribution in [0.2, 0.25) is 0 Å². The number of carbonyl (C=O) groups excluding carboxylic acids is 1. The number of hydrogen-bond donors (Lipinski definition) is 3. The summed E-state index contributed by atoms with van der Waals surface area (Å²) in [5.41, 5.74) is 0.604. The molecule has 0 bridgehead atoms. The van der Waals surface area contributed by atoms with Crippen LogP contribution in [0.25, 0.3) is 0 Å². The van der Waals surface area contributed by atoms with Crippen LogP contribution in [0.4, 0.5) is 5.00 Å². The number of amides is 1. The van der Waals surface area contributed by atoms with Gasteiger partial charge in [-0.05, 0) is 49.4 Å². The standard InChI is InChI=1S/C18H14N2O5S/c19-8-13-10-3-1-2-4-14(10)26-16(13)20-15(21)12-7-9(17(22)23)5-6-11(12)18(24)25/h5-7H,1-4H2,(H,20,21)(H,22,23)(H,24,25). The molecule has 0 saturated carbocycles. The molecule has 1 aliphatic carbocycles. The Bertz CT molecular complexity index is 971. The number of benzene rings is 1. The molecule has 1 aromatic carbocycles. The monoisotopic (exact) mass is 370 g/mol. The number of carboxylic acids is 2. The molecule has 1 amide bonds. The number of aryl methyl sites for hydroxylation is 1. The molecule has 0 spiro atoms. The highest BCUT2D eigenvalue weighted by atomic mass is 32.1. The summed E-state index contributed by atoms with van der Waals surface area (Å²) >= 11 is 1.32. The third-order valence-corrected chi connectivity index (χ3v) is 5.46. The zero-order valence-corrected chi connectivity index (χ0v) is 14.4. The minimum atomic E-state index is -1.34. The van der Waals surface area contributed by atoms with E-state index in [1.807, 2.05) is 0 Å². The Kier molecular flexibility index (Phi) is 4.73. The maximum Gasteiger partial charge on any atom is 0.336 e. The van der Waals surface area contributed by atoms with E-state index in [1.165, 1.54) is 11.3 Å². The molecule has 2 aromatic rings. The fourth-order valence-corrected chi connectivity index (χ4v) is 4.23. The van der Waals surface area contributed by atoms with Crippen LogP contribution in [0.3, 0.4) is 0 Å². The number of thiophene rings is 1. The van der Waals surface area contributed by atoms with Crippen LogP contribution >= 0.6 is 11.3 Å². The van der Waals surface area contributed by atoms with Crippen LogP contribution in [-0.2, 0) is 12.8 Å². The topological polar surface area (TPSA) is 127 Å². The van der Waals surface area contributed by atoms with Gasteiger partial charge in [-0.3, -0.25) is 4.79 Å². The van der Waals surface area contributed by atoms with Crippen LogP contribution in [0.15, 0.2) is 18.2 Å². The largest absolute Gasteiger partial charge is 0.478 e. The lowest BCUT2D eigenvalue weighted by molar-refractivity contribution is 0.0679. The van der Waals surface area contributed by atoms with Gasteiger partial charge >= 0.3 is 11.9 Å². The van der Waals surface area contributed by atoms with Gasteiger partial charge in [-0.25, -0.2) is 9.59 Å². The molecule has 0 saturated heterocycles. The van der Waals surface area contributed by atoms with Crippen molar-refractivity contribution in [3.8, 4) is 6.07 Å². The van der Waals surface area contributed by atoms with E-state index in [1.54, 1.807) is 0 Å². The van der Waals surface area contributed by atoms with Crippen molar-refractivity contribution in [3.05, 3.63) is 50.9 Å². The van der Waals surface area contributed by atoms with Crippen molar-refractivity contribution in [3.63, 3.8) is 0 Å². The molecule has 0 aliphatic heterocycles. The molecule has 0 atom stereocenters. The van der Waals surface area contributed by atoms with Crippen LogP contribution in [0, 0.1) is 11.3 Å². The molecule has 1 aromatic heterocycles. The second kappa shape index (κ2) is 6.98. The highest BCUT2D eigenvalue weighted by Gasteiger charge is 2.24. The number of hydrogen-bond acceptors (Lipinski definition) is 5.